The smallest absolute Gasteiger partial charge is 0.406 e. The van der Waals surface area contributed by atoms with Crippen LogP contribution in [0.4, 0.5) is 13.2 Å². The van der Waals surface area contributed by atoms with Gasteiger partial charge in [-0.05, 0) is 52.2 Å². The summed E-state index contributed by atoms with van der Waals surface area (Å²) in [5, 5.41) is 3.33. The number of nitrogens with one attached hydrogen (secondary N) is 1. The largest absolute Gasteiger partial charge is 0.573 e. The van der Waals surface area contributed by atoms with Crippen molar-refractivity contribution in [3.63, 3.8) is 0 Å². The SMILES string of the molecule is Cc1cc([C@H](c2ccc(OC(F)(F)F)cc2)N2CCNCC2)sc1Br.Cl.Cl. The predicted octanol–water partition coefficient (Wildman–Crippen LogP) is 5.56. The van der Waals surface area contributed by atoms with Crippen molar-refractivity contribution in [3.8, 4) is 5.75 Å². The van der Waals surface area contributed by atoms with Crippen LogP contribution in [0.15, 0.2) is 34.1 Å². The quantitative estimate of drug-likeness (QED) is 0.586. The Morgan fingerprint density at radius 3 is 2.22 bits per heavy atom. The normalized spacial score (nSPS) is 16.2. The van der Waals surface area contributed by atoms with Gasteiger partial charge in [0, 0.05) is 31.1 Å². The number of benzene rings is 1. The average Bonchev–Trinajstić information content (AvgIpc) is 2.88. The van der Waals surface area contributed by atoms with Crippen molar-refractivity contribution in [1.82, 2.24) is 10.2 Å². The van der Waals surface area contributed by atoms with E-state index in [1.807, 2.05) is 6.92 Å². The lowest BCUT2D eigenvalue weighted by atomic mass is 10.0. The van der Waals surface area contributed by atoms with Crippen LogP contribution in [0.2, 0.25) is 0 Å². The standard InChI is InChI=1S/C17H18BrF3N2OS.2ClH/c1-11-10-14(25-16(11)18)15(23-8-6-22-7-9-23)12-2-4-13(5-3-12)24-17(19,20)21;;/h2-5,10,15,22H,6-9H2,1H3;2*1H/t15-;;/m0../s1. The third kappa shape index (κ3) is 6.51. The van der Waals surface area contributed by atoms with Crippen LogP contribution in [-0.4, -0.2) is 37.4 Å². The summed E-state index contributed by atoms with van der Waals surface area (Å²) in [5.74, 6) is -0.196. The number of aryl methyl sites for hydroxylation is 1. The fourth-order valence-corrected chi connectivity index (χ4v) is 4.70. The van der Waals surface area contributed by atoms with Gasteiger partial charge in [-0.3, -0.25) is 4.90 Å². The second-order valence-electron chi connectivity index (χ2n) is 5.91. The van der Waals surface area contributed by atoms with Crippen LogP contribution in [0, 0.1) is 6.92 Å². The second-order valence-corrected chi connectivity index (χ2v) is 8.31. The Morgan fingerprint density at radius 1 is 1.15 bits per heavy atom. The number of piperazine rings is 1. The topological polar surface area (TPSA) is 24.5 Å². The van der Waals surface area contributed by atoms with Gasteiger partial charge in [-0.2, -0.15) is 0 Å². The van der Waals surface area contributed by atoms with E-state index >= 15 is 0 Å². The average molecular weight is 508 g/mol. The number of thiophene rings is 1. The third-order valence-electron chi connectivity index (χ3n) is 4.09. The number of nitrogens with zero attached hydrogens (tertiary/aromatic N) is 1. The molecule has 0 unspecified atom stereocenters. The van der Waals surface area contributed by atoms with Gasteiger partial charge in [-0.1, -0.05) is 12.1 Å². The fraction of sp³-hybridized carbons (Fsp3) is 0.412. The van der Waals surface area contributed by atoms with E-state index in [0.717, 1.165) is 41.1 Å². The zero-order chi connectivity index (χ0) is 18.0. The van der Waals surface area contributed by atoms with E-state index in [1.54, 1.807) is 23.5 Å². The Kier molecular flexibility index (Phi) is 9.37. The molecule has 1 saturated heterocycles. The number of halogens is 6. The van der Waals surface area contributed by atoms with Crippen LogP contribution in [0.5, 0.6) is 5.75 Å². The molecule has 3 rings (SSSR count). The Morgan fingerprint density at radius 2 is 1.74 bits per heavy atom. The summed E-state index contributed by atoms with van der Waals surface area (Å²) in [6.07, 6.45) is -4.67. The molecule has 0 radical (unpaired) electrons. The van der Waals surface area contributed by atoms with E-state index in [4.69, 9.17) is 0 Å². The molecule has 0 amide bonds. The molecule has 1 N–H and O–H groups in total. The van der Waals surface area contributed by atoms with E-state index in [9.17, 15) is 13.2 Å². The number of hydrogen-bond acceptors (Lipinski definition) is 4. The highest BCUT2D eigenvalue weighted by molar-refractivity contribution is 9.11. The van der Waals surface area contributed by atoms with Crippen molar-refractivity contribution < 1.29 is 17.9 Å². The van der Waals surface area contributed by atoms with E-state index in [0.29, 0.717) is 0 Å². The van der Waals surface area contributed by atoms with Crippen molar-refractivity contribution in [2.24, 2.45) is 0 Å². The van der Waals surface area contributed by atoms with Gasteiger partial charge in [-0.15, -0.1) is 49.3 Å². The number of ether oxygens (including phenoxy) is 1. The summed E-state index contributed by atoms with van der Waals surface area (Å²) in [7, 11) is 0. The Bertz CT molecular complexity index is 702. The Hall–Kier alpha value is -0.510. The maximum Gasteiger partial charge on any atom is 0.573 e. The fourth-order valence-electron chi connectivity index (χ4n) is 2.97. The lowest BCUT2D eigenvalue weighted by molar-refractivity contribution is -0.274. The molecule has 2 aromatic rings. The number of hydrogen-bond donors (Lipinski definition) is 1. The monoisotopic (exact) mass is 506 g/mol. The van der Waals surface area contributed by atoms with Crippen molar-refractivity contribution >= 4 is 52.1 Å². The molecule has 27 heavy (non-hydrogen) atoms. The summed E-state index contributed by atoms with van der Waals surface area (Å²) < 4.78 is 42.2. The molecule has 3 nitrogen and oxygen atoms in total. The van der Waals surface area contributed by atoms with Gasteiger partial charge >= 0.3 is 6.36 Å². The molecule has 152 valence electrons. The van der Waals surface area contributed by atoms with Gasteiger partial charge < -0.3 is 10.1 Å². The van der Waals surface area contributed by atoms with E-state index in [1.165, 1.54) is 17.0 Å². The number of rotatable bonds is 4. The predicted molar refractivity (Wildman–Crippen MR) is 111 cm³/mol. The van der Waals surface area contributed by atoms with Crippen LogP contribution in [-0.2, 0) is 0 Å². The first-order valence-electron chi connectivity index (χ1n) is 7.90. The van der Waals surface area contributed by atoms with Crippen molar-refractivity contribution in [1.29, 1.82) is 0 Å². The van der Waals surface area contributed by atoms with E-state index < -0.39 is 6.36 Å². The summed E-state index contributed by atoms with van der Waals surface area (Å²) in [6, 6.07) is 8.37. The van der Waals surface area contributed by atoms with E-state index in [2.05, 4.69) is 36.9 Å². The molecule has 0 saturated carbocycles. The molecule has 1 aromatic heterocycles. The molecule has 1 aliphatic rings. The van der Waals surface area contributed by atoms with Crippen molar-refractivity contribution in [2.45, 2.75) is 19.3 Å². The Balaban J connectivity index is 0.00000182. The first kappa shape index (κ1) is 24.5. The zero-order valence-electron chi connectivity index (χ0n) is 14.4. The second kappa shape index (κ2) is 10.3. The summed E-state index contributed by atoms with van der Waals surface area (Å²) in [5.41, 5.74) is 2.13. The molecule has 1 aliphatic heterocycles. The van der Waals surface area contributed by atoms with Crippen LogP contribution in [0.3, 0.4) is 0 Å². The van der Waals surface area contributed by atoms with Gasteiger partial charge in [0.15, 0.2) is 0 Å². The molecule has 0 bridgehead atoms. The van der Waals surface area contributed by atoms with Gasteiger partial charge in [0.25, 0.3) is 0 Å². The Labute approximate surface area is 181 Å². The van der Waals surface area contributed by atoms with Crippen LogP contribution in [0.1, 0.15) is 22.0 Å². The third-order valence-corrected chi connectivity index (χ3v) is 6.28. The zero-order valence-corrected chi connectivity index (χ0v) is 18.4. The first-order valence-corrected chi connectivity index (χ1v) is 9.51. The van der Waals surface area contributed by atoms with Gasteiger partial charge in [-0.25, -0.2) is 0 Å². The molecule has 0 spiro atoms. The van der Waals surface area contributed by atoms with Gasteiger partial charge in [0.05, 0.1) is 9.83 Å². The molecule has 2 heterocycles. The first-order chi connectivity index (χ1) is 11.8. The van der Waals surface area contributed by atoms with Crippen LogP contribution < -0.4 is 10.1 Å². The van der Waals surface area contributed by atoms with Crippen molar-refractivity contribution in [2.75, 3.05) is 26.2 Å². The molecular weight excluding hydrogens is 488 g/mol. The minimum atomic E-state index is -4.67. The molecular formula is C17H20BrCl2F3N2OS. The maximum atomic E-state index is 12.4. The highest BCUT2D eigenvalue weighted by Crippen LogP contribution is 2.38. The molecule has 1 atom stereocenters. The van der Waals surface area contributed by atoms with E-state index in [-0.39, 0.29) is 36.6 Å². The highest BCUT2D eigenvalue weighted by atomic mass is 79.9. The van der Waals surface area contributed by atoms with Gasteiger partial charge in [0.2, 0.25) is 0 Å². The summed E-state index contributed by atoms with van der Waals surface area (Å²) in [6.45, 7) is 5.62. The minimum Gasteiger partial charge on any atom is -0.406 e. The minimum absolute atomic E-state index is 0. The summed E-state index contributed by atoms with van der Waals surface area (Å²) >= 11 is 5.24. The molecule has 1 aromatic carbocycles. The lowest BCUT2D eigenvalue weighted by Gasteiger charge is -2.34. The van der Waals surface area contributed by atoms with Crippen molar-refractivity contribution in [3.05, 3.63) is 50.1 Å². The highest BCUT2D eigenvalue weighted by Gasteiger charge is 2.31. The number of alkyl halides is 3. The lowest BCUT2D eigenvalue weighted by Crippen LogP contribution is -2.45. The van der Waals surface area contributed by atoms with Gasteiger partial charge in [0.1, 0.15) is 5.75 Å². The molecule has 10 heteroatoms. The van der Waals surface area contributed by atoms with Crippen LogP contribution in [0.25, 0.3) is 0 Å². The molecule has 1 fully saturated rings. The summed E-state index contributed by atoms with van der Waals surface area (Å²) in [4.78, 5) is 3.53. The maximum absolute atomic E-state index is 12.4. The molecule has 0 aliphatic carbocycles. The van der Waals surface area contributed by atoms with Crippen LogP contribution >= 0.6 is 52.1 Å².